The molecule has 1 atom stereocenters. The van der Waals surface area contributed by atoms with E-state index in [4.69, 9.17) is 0 Å². The fourth-order valence-corrected chi connectivity index (χ4v) is 3.39. The Kier molecular flexibility index (Phi) is 4.96. The molecule has 19 heavy (non-hydrogen) atoms. The van der Waals surface area contributed by atoms with E-state index in [2.05, 4.69) is 10.0 Å². The molecule has 1 aromatic carbocycles. The summed E-state index contributed by atoms with van der Waals surface area (Å²) in [5.41, 5.74) is 1.06. The summed E-state index contributed by atoms with van der Waals surface area (Å²) < 4.78 is 26.8. The number of rotatable bonds is 5. The molecule has 0 amide bonds. The predicted octanol–water partition coefficient (Wildman–Crippen LogP) is 1.81. The summed E-state index contributed by atoms with van der Waals surface area (Å²) in [4.78, 5) is 0.342. The first-order valence-corrected chi connectivity index (χ1v) is 8.36. The van der Waals surface area contributed by atoms with Crippen LogP contribution in [0, 0.1) is 6.92 Å². The van der Waals surface area contributed by atoms with E-state index in [1.807, 2.05) is 19.1 Å². The molecule has 0 saturated carbocycles. The van der Waals surface area contributed by atoms with Crippen molar-refractivity contribution < 1.29 is 8.42 Å². The van der Waals surface area contributed by atoms with E-state index in [0.29, 0.717) is 17.5 Å². The molecule has 1 saturated heterocycles. The zero-order chi connectivity index (χ0) is 13.7. The van der Waals surface area contributed by atoms with Gasteiger partial charge in [0, 0.05) is 12.6 Å². The average Bonchev–Trinajstić information content (AvgIpc) is 2.40. The second kappa shape index (κ2) is 6.50. The third-order valence-electron chi connectivity index (χ3n) is 3.53. The largest absolute Gasteiger partial charge is 0.314 e. The molecule has 5 heteroatoms. The summed E-state index contributed by atoms with van der Waals surface area (Å²) in [7, 11) is -3.36. The summed E-state index contributed by atoms with van der Waals surface area (Å²) in [6, 6.07) is 7.39. The van der Waals surface area contributed by atoms with Crippen LogP contribution in [0.3, 0.4) is 0 Å². The van der Waals surface area contributed by atoms with Crippen molar-refractivity contribution >= 4 is 10.0 Å². The molecule has 1 heterocycles. The molecule has 2 rings (SSSR count). The number of nitrogens with one attached hydrogen (secondary N) is 2. The Hall–Kier alpha value is -0.910. The standard InChI is InChI=1S/C14H22N2O2S/c1-12-5-7-14(8-6-12)19(17,18)16-11-9-13-4-2-3-10-15-13/h5-8,13,15-16H,2-4,9-11H2,1H3. The molecule has 1 fully saturated rings. The van der Waals surface area contributed by atoms with Crippen molar-refractivity contribution in [1.29, 1.82) is 0 Å². The van der Waals surface area contributed by atoms with Crippen LogP contribution in [0.1, 0.15) is 31.2 Å². The van der Waals surface area contributed by atoms with Crippen molar-refractivity contribution in [2.75, 3.05) is 13.1 Å². The molecule has 1 aliphatic heterocycles. The molecule has 0 radical (unpaired) electrons. The van der Waals surface area contributed by atoms with E-state index >= 15 is 0 Å². The highest BCUT2D eigenvalue weighted by Gasteiger charge is 2.16. The lowest BCUT2D eigenvalue weighted by Gasteiger charge is -2.23. The Morgan fingerprint density at radius 2 is 2.00 bits per heavy atom. The van der Waals surface area contributed by atoms with E-state index < -0.39 is 10.0 Å². The lowest BCUT2D eigenvalue weighted by molar-refractivity contribution is 0.382. The van der Waals surface area contributed by atoms with E-state index in [0.717, 1.165) is 24.9 Å². The Morgan fingerprint density at radius 3 is 2.63 bits per heavy atom. The lowest BCUT2D eigenvalue weighted by atomic mass is 10.0. The molecule has 4 nitrogen and oxygen atoms in total. The Labute approximate surface area is 115 Å². The minimum absolute atomic E-state index is 0.342. The zero-order valence-corrected chi connectivity index (χ0v) is 12.2. The molecule has 1 aromatic rings. The quantitative estimate of drug-likeness (QED) is 0.866. The van der Waals surface area contributed by atoms with Crippen LogP contribution in [0.2, 0.25) is 0 Å². The molecule has 2 N–H and O–H groups in total. The first kappa shape index (κ1) is 14.5. The van der Waals surface area contributed by atoms with E-state index in [1.165, 1.54) is 12.8 Å². The maximum Gasteiger partial charge on any atom is 0.240 e. The summed E-state index contributed by atoms with van der Waals surface area (Å²) in [6.45, 7) is 3.49. The Bertz CT molecular complexity index is 491. The van der Waals surface area contributed by atoms with Crippen LogP contribution in [0.15, 0.2) is 29.2 Å². The molecule has 1 unspecified atom stereocenters. The minimum Gasteiger partial charge on any atom is -0.314 e. The highest BCUT2D eigenvalue weighted by atomic mass is 32.2. The number of sulfonamides is 1. The molecule has 0 spiro atoms. The van der Waals surface area contributed by atoms with Crippen LogP contribution in [-0.4, -0.2) is 27.5 Å². The molecule has 1 aliphatic rings. The van der Waals surface area contributed by atoms with E-state index in [9.17, 15) is 8.42 Å². The van der Waals surface area contributed by atoms with Gasteiger partial charge in [-0.1, -0.05) is 24.1 Å². The van der Waals surface area contributed by atoms with Gasteiger partial charge >= 0.3 is 0 Å². The fraction of sp³-hybridized carbons (Fsp3) is 0.571. The van der Waals surface area contributed by atoms with E-state index in [-0.39, 0.29) is 0 Å². The Morgan fingerprint density at radius 1 is 1.26 bits per heavy atom. The van der Waals surface area contributed by atoms with Gasteiger partial charge < -0.3 is 5.32 Å². The number of hydrogen-bond donors (Lipinski definition) is 2. The maximum absolute atomic E-state index is 12.1. The summed E-state index contributed by atoms with van der Waals surface area (Å²) in [6.07, 6.45) is 4.46. The smallest absolute Gasteiger partial charge is 0.240 e. The van der Waals surface area contributed by atoms with Gasteiger partial charge in [-0.25, -0.2) is 13.1 Å². The molecule has 0 aliphatic carbocycles. The van der Waals surface area contributed by atoms with E-state index in [1.54, 1.807) is 12.1 Å². The van der Waals surface area contributed by atoms with Gasteiger partial charge in [0.05, 0.1) is 4.90 Å². The van der Waals surface area contributed by atoms with Crippen LogP contribution in [0.5, 0.6) is 0 Å². The van der Waals surface area contributed by atoms with Gasteiger partial charge in [0.2, 0.25) is 10.0 Å². The summed E-state index contributed by atoms with van der Waals surface area (Å²) >= 11 is 0. The van der Waals surface area contributed by atoms with Gasteiger partial charge in [0.25, 0.3) is 0 Å². The molecule has 106 valence electrons. The number of benzene rings is 1. The topological polar surface area (TPSA) is 58.2 Å². The first-order valence-electron chi connectivity index (χ1n) is 6.88. The highest BCUT2D eigenvalue weighted by Crippen LogP contribution is 2.12. The lowest BCUT2D eigenvalue weighted by Crippen LogP contribution is -2.37. The number of hydrogen-bond acceptors (Lipinski definition) is 3. The van der Waals surface area contributed by atoms with Crippen molar-refractivity contribution in [2.24, 2.45) is 0 Å². The maximum atomic E-state index is 12.1. The normalized spacial score (nSPS) is 20.4. The van der Waals surface area contributed by atoms with Crippen molar-refractivity contribution in [2.45, 2.75) is 43.5 Å². The fourth-order valence-electron chi connectivity index (χ4n) is 2.34. The highest BCUT2D eigenvalue weighted by molar-refractivity contribution is 7.89. The minimum atomic E-state index is -3.36. The Balaban J connectivity index is 1.85. The molecular weight excluding hydrogens is 260 g/mol. The second-order valence-corrected chi connectivity index (χ2v) is 6.91. The van der Waals surface area contributed by atoms with Gasteiger partial charge in [-0.3, -0.25) is 0 Å². The molecule has 0 bridgehead atoms. The zero-order valence-electron chi connectivity index (χ0n) is 11.4. The predicted molar refractivity (Wildman–Crippen MR) is 76.6 cm³/mol. The third-order valence-corrected chi connectivity index (χ3v) is 5.01. The van der Waals surface area contributed by atoms with Crippen LogP contribution in [-0.2, 0) is 10.0 Å². The van der Waals surface area contributed by atoms with Gasteiger partial charge in [-0.15, -0.1) is 0 Å². The van der Waals surface area contributed by atoms with Crippen molar-refractivity contribution in [3.8, 4) is 0 Å². The van der Waals surface area contributed by atoms with Crippen molar-refractivity contribution in [1.82, 2.24) is 10.0 Å². The number of piperidine rings is 1. The van der Waals surface area contributed by atoms with Gasteiger partial charge in [-0.05, 0) is 44.9 Å². The van der Waals surface area contributed by atoms with Crippen molar-refractivity contribution in [3.05, 3.63) is 29.8 Å². The van der Waals surface area contributed by atoms with Gasteiger partial charge in [-0.2, -0.15) is 0 Å². The van der Waals surface area contributed by atoms with Crippen LogP contribution in [0.4, 0.5) is 0 Å². The first-order chi connectivity index (χ1) is 9.08. The summed E-state index contributed by atoms with van der Waals surface area (Å²) in [5, 5.41) is 3.42. The summed E-state index contributed by atoms with van der Waals surface area (Å²) in [5.74, 6) is 0. The van der Waals surface area contributed by atoms with Crippen LogP contribution in [0.25, 0.3) is 0 Å². The number of aryl methyl sites for hydroxylation is 1. The van der Waals surface area contributed by atoms with Gasteiger partial charge in [0.15, 0.2) is 0 Å². The van der Waals surface area contributed by atoms with Crippen LogP contribution >= 0.6 is 0 Å². The van der Waals surface area contributed by atoms with Crippen molar-refractivity contribution in [3.63, 3.8) is 0 Å². The molecule has 0 aromatic heterocycles. The average molecular weight is 282 g/mol. The van der Waals surface area contributed by atoms with Gasteiger partial charge in [0.1, 0.15) is 0 Å². The molecular formula is C14H22N2O2S. The second-order valence-electron chi connectivity index (χ2n) is 5.15. The monoisotopic (exact) mass is 282 g/mol. The SMILES string of the molecule is Cc1ccc(S(=O)(=O)NCCC2CCCCN2)cc1. The van der Waals surface area contributed by atoms with Crippen LogP contribution < -0.4 is 10.0 Å². The third kappa shape index (κ3) is 4.30.